The number of halogens is 3. The number of nitrogens with one attached hydrogen (secondary N) is 2. The minimum absolute atomic E-state index is 0. The normalized spacial score (nSPS) is 18.9. The van der Waals surface area contributed by atoms with Crippen molar-refractivity contribution in [1.29, 1.82) is 0 Å². The molecule has 1 aliphatic heterocycles. The number of amides is 1. The largest absolute Gasteiger partial charge is 0.348 e. The molecule has 1 fully saturated rings. The summed E-state index contributed by atoms with van der Waals surface area (Å²) < 4.78 is 1.77. The van der Waals surface area contributed by atoms with Crippen LogP contribution < -0.4 is 10.6 Å². The van der Waals surface area contributed by atoms with Crippen LogP contribution in [0.15, 0.2) is 27.1 Å². The monoisotopic (exact) mass is 396 g/mol. The fraction of sp³-hybridized carbons (Fsp3) is 0.417. The quantitative estimate of drug-likeness (QED) is 0.804. The molecule has 1 heterocycles. The Kier molecular flexibility index (Phi) is 6.63. The van der Waals surface area contributed by atoms with Crippen LogP contribution in [0.1, 0.15) is 23.2 Å². The molecule has 1 saturated heterocycles. The minimum Gasteiger partial charge on any atom is -0.348 e. The van der Waals surface area contributed by atoms with Crippen LogP contribution in [0.25, 0.3) is 0 Å². The average Bonchev–Trinajstić information content (AvgIpc) is 2.30. The molecule has 1 aromatic rings. The summed E-state index contributed by atoms with van der Waals surface area (Å²) in [5.41, 5.74) is 0.679. The lowest BCUT2D eigenvalue weighted by Crippen LogP contribution is -2.45. The van der Waals surface area contributed by atoms with E-state index in [-0.39, 0.29) is 24.4 Å². The van der Waals surface area contributed by atoms with Crippen LogP contribution in [-0.4, -0.2) is 25.0 Å². The molecule has 1 amide bonds. The van der Waals surface area contributed by atoms with E-state index in [1.807, 2.05) is 18.2 Å². The fourth-order valence-corrected chi connectivity index (χ4v) is 3.14. The first-order chi connectivity index (χ1) is 8.16. The molecule has 2 N–H and O–H groups in total. The predicted octanol–water partition coefficient (Wildman–Crippen LogP) is 3.12. The summed E-state index contributed by atoms with van der Waals surface area (Å²) in [5, 5.41) is 6.33. The van der Waals surface area contributed by atoms with Crippen molar-refractivity contribution in [3.8, 4) is 0 Å². The van der Waals surface area contributed by atoms with Crippen molar-refractivity contribution in [3.05, 3.63) is 32.7 Å². The minimum atomic E-state index is -0.0157. The second-order valence-electron chi connectivity index (χ2n) is 4.14. The molecule has 0 aromatic heterocycles. The van der Waals surface area contributed by atoms with Gasteiger partial charge in [0, 0.05) is 21.5 Å². The molecule has 6 heteroatoms. The van der Waals surface area contributed by atoms with Gasteiger partial charge in [-0.1, -0.05) is 15.9 Å². The molecular formula is C12H15Br2ClN2O. The van der Waals surface area contributed by atoms with Crippen molar-refractivity contribution in [3.63, 3.8) is 0 Å². The fourth-order valence-electron chi connectivity index (χ4n) is 1.91. The van der Waals surface area contributed by atoms with Gasteiger partial charge >= 0.3 is 0 Å². The predicted molar refractivity (Wildman–Crippen MR) is 82.4 cm³/mol. The molecule has 2 rings (SSSR count). The summed E-state index contributed by atoms with van der Waals surface area (Å²) in [5.74, 6) is -0.0157. The Morgan fingerprint density at radius 2 is 2.17 bits per heavy atom. The van der Waals surface area contributed by atoms with Gasteiger partial charge in [-0.15, -0.1) is 12.4 Å². The molecule has 18 heavy (non-hydrogen) atoms. The summed E-state index contributed by atoms with van der Waals surface area (Å²) in [6.07, 6.45) is 2.17. The van der Waals surface area contributed by atoms with Crippen molar-refractivity contribution >= 4 is 50.2 Å². The number of rotatable bonds is 2. The first kappa shape index (κ1) is 16.0. The highest BCUT2D eigenvalue weighted by Gasteiger charge is 2.17. The molecule has 0 spiro atoms. The maximum atomic E-state index is 12.1. The van der Waals surface area contributed by atoms with Gasteiger partial charge in [-0.05, 0) is 53.5 Å². The third-order valence-electron chi connectivity index (χ3n) is 2.81. The van der Waals surface area contributed by atoms with Gasteiger partial charge in [-0.25, -0.2) is 0 Å². The first-order valence-electron chi connectivity index (χ1n) is 5.63. The molecule has 0 saturated carbocycles. The Labute approximate surface area is 130 Å². The number of hydrogen-bond acceptors (Lipinski definition) is 2. The van der Waals surface area contributed by atoms with Crippen LogP contribution in [-0.2, 0) is 0 Å². The maximum Gasteiger partial charge on any atom is 0.252 e. The molecule has 100 valence electrons. The zero-order chi connectivity index (χ0) is 12.3. The van der Waals surface area contributed by atoms with Crippen LogP contribution in [0, 0.1) is 0 Å². The van der Waals surface area contributed by atoms with Gasteiger partial charge in [0.05, 0.1) is 5.56 Å². The van der Waals surface area contributed by atoms with E-state index >= 15 is 0 Å². The number of carbonyl (C=O) groups excluding carboxylic acids is 1. The standard InChI is InChI=1S/C12H14Br2N2O.ClH/c13-8-3-4-10(11(14)6-8)12(17)16-9-2-1-5-15-7-9;/h3-4,6,9,15H,1-2,5,7H2,(H,16,17);1H/t9-;/m1./s1. The van der Waals surface area contributed by atoms with Gasteiger partial charge in [-0.3, -0.25) is 4.79 Å². The number of carbonyl (C=O) groups is 1. The Bertz CT molecular complexity index is 423. The number of piperidine rings is 1. The Morgan fingerprint density at radius 1 is 1.39 bits per heavy atom. The lowest BCUT2D eigenvalue weighted by atomic mass is 10.1. The van der Waals surface area contributed by atoms with Crippen LogP contribution in [0.5, 0.6) is 0 Å². The summed E-state index contributed by atoms with van der Waals surface area (Å²) in [7, 11) is 0. The highest BCUT2D eigenvalue weighted by atomic mass is 79.9. The Balaban J connectivity index is 0.00000162. The molecular weight excluding hydrogens is 383 g/mol. The zero-order valence-electron chi connectivity index (χ0n) is 9.71. The molecule has 0 radical (unpaired) electrons. The van der Waals surface area contributed by atoms with Crippen LogP contribution in [0.3, 0.4) is 0 Å². The van der Waals surface area contributed by atoms with Gasteiger partial charge in [0.15, 0.2) is 0 Å². The van der Waals surface area contributed by atoms with Gasteiger partial charge in [-0.2, -0.15) is 0 Å². The van der Waals surface area contributed by atoms with Crippen molar-refractivity contribution in [2.45, 2.75) is 18.9 Å². The summed E-state index contributed by atoms with van der Waals surface area (Å²) in [6.45, 7) is 1.91. The van der Waals surface area contributed by atoms with E-state index in [9.17, 15) is 4.79 Å². The Hall–Kier alpha value is -0.100. The van der Waals surface area contributed by atoms with E-state index in [1.165, 1.54) is 0 Å². The van der Waals surface area contributed by atoms with Crippen molar-refractivity contribution < 1.29 is 4.79 Å². The van der Waals surface area contributed by atoms with E-state index in [0.717, 1.165) is 34.9 Å². The van der Waals surface area contributed by atoms with E-state index in [1.54, 1.807) is 0 Å². The molecule has 1 aliphatic rings. The molecule has 1 aromatic carbocycles. The number of benzene rings is 1. The first-order valence-corrected chi connectivity index (χ1v) is 7.22. The molecule has 0 aliphatic carbocycles. The van der Waals surface area contributed by atoms with Crippen LogP contribution in [0.4, 0.5) is 0 Å². The van der Waals surface area contributed by atoms with Gasteiger partial charge in [0.1, 0.15) is 0 Å². The van der Waals surface area contributed by atoms with Gasteiger partial charge in [0.2, 0.25) is 0 Å². The number of hydrogen-bond donors (Lipinski definition) is 2. The highest BCUT2D eigenvalue weighted by Crippen LogP contribution is 2.22. The lowest BCUT2D eigenvalue weighted by molar-refractivity contribution is 0.0930. The topological polar surface area (TPSA) is 41.1 Å². The lowest BCUT2D eigenvalue weighted by Gasteiger charge is -2.24. The molecule has 0 unspecified atom stereocenters. The summed E-state index contributed by atoms with van der Waals surface area (Å²) in [6, 6.07) is 5.82. The SMILES string of the molecule is Cl.O=C(N[C@@H]1CCCNC1)c1ccc(Br)cc1Br. The van der Waals surface area contributed by atoms with Crippen molar-refractivity contribution in [2.24, 2.45) is 0 Å². The van der Waals surface area contributed by atoms with Crippen LogP contribution >= 0.6 is 44.3 Å². The molecule has 1 atom stereocenters. The second-order valence-corrected chi connectivity index (χ2v) is 5.91. The van der Waals surface area contributed by atoms with Gasteiger partial charge < -0.3 is 10.6 Å². The maximum absolute atomic E-state index is 12.1. The van der Waals surface area contributed by atoms with E-state index in [4.69, 9.17) is 0 Å². The summed E-state index contributed by atoms with van der Waals surface area (Å²) in [4.78, 5) is 12.1. The average molecular weight is 399 g/mol. The highest BCUT2D eigenvalue weighted by molar-refractivity contribution is 9.11. The van der Waals surface area contributed by atoms with E-state index < -0.39 is 0 Å². The summed E-state index contributed by atoms with van der Waals surface area (Å²) >= 11 is 6.78. The Morgan fingerprint density at radius 3 is 2.78 bits per heavy atom. The third-order valence-corrected chi connectivity index (χ3v) is 3.96. The second kappa shape index (κ2) is 7.48. The van der Waals surface area contributed by atoms with Crippen molar-refractivity contribution in [1.82, 2.24) is 10.6 Å². The third kappa shape index (κ3) is 4.23. The smallest absolute Gasteiger partial charge is 0.252 e. The van der Waals surface area contributed by atoms with E-state index in [2.05, 4.69) is 42.5 Å². The van der Waals surface area contributed by atoms with Gasteiger partial charge in [0.25, 0.3) is 5.91 Å². The van der Waals surface area contributed by atoms with E-state index in [0.29, 0.717) is 5.56 Å². The zero-order valence-corrected chi connectivity index (χ0v) is 13.7. The molecule has 0 bridgehead atoms. The molecule has 3 nitrogen and oxygen atoms in total. The van der Waals surface area contributed by atoms with Crippen molar-refractivity contribution in [2.75, 3.05) is 13.1 Å². The van der Waals surface area contributed by atoms with Crippen LogP contribution in [0.2, 0.25) is 0 Å².